The minimum Gasteiger partial charge on any atom is -0.135 e. The second kappa shape index (κ2) is 4.92. The first-order valence-electron chi connectivity index (χ1n) is 4.22. The average Bonchev–Trinajstić information content (AvgIpc) is 2.21. The van der Waals surface area contributed by atoms with Gasteiger partial charge in [0.1, 0.15) is 0 Å². The number of fused-ring (bicyclic) bond motifs is 1. The summed E-state index contributed by atoms with van der Waals surface area (Å²) in [6, 6.07) is 8.56. The molecule has 0 spiro atoms. The second-order valence-electron chi connectivity index (χ2n) is 2.96. The predicted molar refractivity (Wildman–Crippen MR) is 74.0 cm³/mol. The van der Waals surface area contributed by atoms with E-state index >= 15 is 0 Å². The highest BCUT2D eigenvalue weighted by Gasteiger charge is 2.10. The number of thioether (sulfide) groups is 2. The average molecular weight is 258 g/mol. The van der Waals surface area contributed by atoms with Gasteiger partial charge in [0, 0.05) is 11.5 Å². The van der Waals surface area contributed by atoms with Crippen LogP contribution in [0.4, 0.5) is 0 Å². The maximum absolute atomic E-state index is 4.41. The minimum atomic E-state index is 1.000. The van der Waals surface area contributed by atoms with E-state index in [-0.39, 0.29) is 0 Å². The van der Waals surface area contributed by atoms with Crippen LogP contribution in [-0.4, -0.2) is 0 Å². The summed E-state index contributed by atoms with van der Waals surface area (Å²) in [4.78, 5) is 0. The Hall–Kier alpha value is 0.360. The number of rotatable bonds is 0. The van der Waals surface area contributed by atoms with Crippen molar-refractivity contribution in [1.29, 1.82) is 0 Å². The summed E-state index contributed by atoms with van der Waals surface area (Å²) in [5, 5.41) is 0. The molecular weight excluding hydrogens is 248 g/mol. The van der Waals surface area contributed by atoms with Crippen LogP contribution in [0.15, 0.2) is 32.7 Å². The topological polar surface area (TPSA) is 0 Å². The summed E-state index contributed by atoms with van der Waals surface area (Å²) in [6.45, 7) is 0. The molecular formula is C10H10S4. The van der Waals surface area contributed by atoms with Crippen LogP contribution < -0.4 is 0 Å². The summed E-state index contributed by atoms with van der Waals surface area (Å²) < 4.78 is 2.07. The third kappa shape index (κ3) is 2.48. The zero-order valence-corrected chi connectivity index (χ0v) is 10.9. The van der Waals surface area contributed by atoms with Gasteiger partial charge >= 0.3 is 0 Å². The van der Waals surface area contributed by atoms with Crippen LogP contribution in [0.2, 0.25) is 0 Å². The van der Waals surface area contributed by atoms with E-state index in [9.17, 15) is 0 Å². The van der Waals surface area contributed by atoms with Gasteiger partial charge in [-0.05, 0) is 11.1 Å². The molecule has 0 radical (unpaired) electrons. The number of hydrogen-bond donors (Lipinski definition) is 2. The van der Waals surface area contributed by atoms with Crippen LogP contribution in [0, 0.1) is 0 Å². The van der Waals surface area contributed by atoms with Crippen molar-refractivity contribution in [2.45, 2.75) is 11.5 Å². The smallest absolute Gasteiger partial charge is 0.0572 e. The highest BCUT2D eigenvalue weighted by molar-refractivity contribution is 8.21. The Morgan fingerprint density at radius 2 is 1.29 bits per heavy atom. The summed E-state index contributed by atoms with van der Waals surface area (Å²) in [6.07, 6.45) is 0. The zero-order chi connectivity index (χ0) is 9.97. The molecule has 0 aliphatic carbocycles. The van der Waals surface area contributed by atoms with E-state index in [0.29, 0.717) is 0 Å². The Labute approximate surface area is 104 Å². The van der Waals surface area contributed by atoms with Crippen molar-refractivity contribution in [3.05, 3.63) is 43.9 Å². The van der Waals surface area contributed by atoms with Gasteiger partial charge in [-0.15, -0.1) is 48.8 Å². The largest absolute Gasteiger partial charge is 0.135 e. The van der Waals surface area contributed by atoms with Gasteiger partial charge in [-0.1, -0.05) is 24.3 Å². The molecule has 4 heteroatoms. The van der Waals surface area contributed by atoms with E-state index in [1.54, 1.807) is 23.5 Å². The first kappa shape index (κ1) is 10.9. The Kier molecular flexibility index (Phi) is 3.82. The van der Waals surface area contributed by atoms with E-state index in [1.807, 2.05) is 0 Å². The van der Waals surface area contributed by atoms with Gasteiger partial charge in [-0.2, -0.15) is 0 Å². The van der Waals surface area contributed by atoms with Crippen molar-refractivity contribution >= 4 is 48.8 Å². The van der Waals surface area contributed by atoms with E-state index in [4.69, 9.17) is 0 Å². The maximum Gasteiger partial charge on any atom is 0.0572 e. The summed E-state index contributed by atoms with van der Waals surface area (Å²) in [7, 11) is 0. The summed E-state index contributed by atoms with van der Waals surface area (Å²) in [5.74, 6) is 2.00. The minimum absolute atomic E-state index is 1.000. The van der Waals surface area contributed by atoms with Gasteiger partial charge < -0.3 is 0 Å². The van der Waals surface area contributed by atoms with Crippen LogP contribution in [0.1, 0.15) is 11.1 Å². The van der Waals surface area contributed by atoms with Crippen molar-refractivity contribution in [3.63, 3.8) is 0 Å². The van der Waals surface area contributed by atoms with Crippen LogP contribution in [0.5, 0.6) is 0 Å². The molecule has 74 valence electrons. The second-order valence-corrected chi connectivity index (χ2v) is 6.43. The lowest BCUT2D eigenvalue weighted by Crippen LogP contribution is -1.92. The SMILES string of the molecule is SC1=C(S)SCc2ccccc2CS1. The highest BCUT2D eigenvalue weighted by atomic mass is 32.2. The molecule has 0 saturated carbocycles. The van der Waals surface area contributed by atoms with Crippen molar-refractivity contribution in [2.75, 3.05) is 0 Å². The monoisotopic (exact) mass is 258 g/mol. The molecule has 1 aliphatic heterocycles. The summed E-state index contributed by atoms with van der Waals surface area (Å²) >= 11 is 12.3. The molecule has 0 N–H and O–H groups in total. The molecule has 0 fully saturated rings. The Balaban J connectivity index is 2.28. The van der Waals surface area contributed by atoms with E-state index in [1.165, 1.54) is 11.1 Å². The van der Waals surface area contributed by atoms with E-state index < -0.39 is 0 Å². The van der Waals surface area contributed by atoms with Gasteiger partial charge in [0.15, 0.2) is 0 Å². The molecule has 0 nitrogen and oxygen atoms in total. The van der Waals surface area contributed by atoms with E-state index in [2.05, 4.69) is 49.5 Å². The first-order chi connectivity index (χ1) is 6.77. The van der Waals surface area contributed by atoms with Gasteiger partial charge in [0.25, 0.3) is 0 Å². The van der Waals surface area contributed by atoms with Crippen LogP contribution in [0.25, 0.3) is 0 Å². The number of hydrogen-bond acceptors (Lipinski definition) is 4. The third-order valence-corrected chi connectivity index (χ3v) is 5.73. The fourth-order valence-corrected chi connectivity index (χ4v) is 3.78. The molecule has 0 aromatic heterocycles. The van der Waals surface area contributed by atoms with Crippen LogP contribution in [0.3, 0.4) is 0 Å². The molecule has 0 saturated heterocycles. The zero-order valence-electron chi connectivity index (χ0n) is 7.43. The first-order valence-corrected chi connectivity index (χ1v) is 7.08. The molecule has 0 unspecified atom stereocenters. The van der Waals surface area contributed by atoms with Gasteiger partial charge in [0.05, 0.1) is 8.47 Å². The van der Waals surface area contributed by atoms with Crippen LogP contribution >= 0.6 is 48.8 Å². The van der Waals surface area contributed by atoms with E-state index in [0.717, 1.165) is 20.0 Å². The molecule has 0 amide bonds. The van der Waals surface area contributed by atoms with Gasteiger partial charge in [0.2, 0.25) is 0 Å². The molecule has 1 aliphatic rings. The lowest BCUT2D eigenvalue weighted by molar-refractivity contribution is 1.28. The van der Waals surface area contributed by atoms with Crippen molar-refractivity contribution < 1.29 is 0 Å². The van der Waals surface area contributed by atoms with Crippen molar-refractivity contribution in [1.82, 2.24) is 0 Å². The highest BCUT2D eigenvalue weighted by Crippen LogP contribution is 2.39. The lowest BCUT2D eigenvalue weighted by Gasteiger charge is -2.13. The predicted octanol–water partition coefficient (Wildman–Crippen LogP) is 4.15. The van der Waals surface area contributed by atoms with Crippen molar-refractivity contribution in [3.8, 4) is 0 Å². The van der Waals surface area contributed by atoms with Gasteiger partial charge in [-0.25, -0.2) is 0 Å². The molecule has 1 heterocycles. The fourth-order valence-electron chi connectivity index (χ4n) is 1.25. The molecule has 0 bridgehead atoms. The fraction of sp³-hybridized carbons (Fsp3) is 0.200. The normalized spacial score (nSPS) is 17.3. The number of benzene rings is 1. The lowest BCUT2D eigenvalue weighted by atomic mass is 10.1. The molecule has 14 heavy (non-hydrogen) atoms. The quantitative estimate of drug-likeness (QED) is 0.671. The summed E-state index contributed by atoms with van der Waals surface area (Å²) in [5.41, 5.74) is 2.83. The standard InChI is InChI=1S/C10H10S4/c11-9-10(12)14-6-8-4-2-1-3-7(8)5-13-9/h1-4,11-12H,5-6H2. The van der Waals surface area contributed by atoms with Gasteiger partial charge in [-0.3, -0.25) is 0 Å². The third-order valence-electron chi connectivity index (χ3n) is 2.03. The Morgan fingerprint density at radius 1 is 0.857 bits per heavy atom. The molecule has 0 atom stereocenters. The molecule has 1 aromatic carbocycles. The Bertz CT molecular complexity index is 335. The maximum atomic E-state index is 4.41. The molecule has 1 aromatic rings. The molecule has 2 rings (SSSR count). The van der Waals surface area contributed by atoms with Crippen LogP contribution in [-0.2, 0) is 11.5 Å². The number of thiol groups is 2. The Morgan fingerprint density at radius 3 is 1.71 bits per heavy atom. The van der Waals surface area contributed by atoms with Crippen molar-refractivity contribution in [2.24, 2.45) is 0 Å².